The number of ether oxygens (including phenoxy) is 1. The topological polar surface area (TPSA) is 107 Å². The number of hydrogen-bond acceptors (Lipinski definition) is 5. The van der Waals surface area contributed by atoms with Crippen molar-refractivity contribution in [3.8, 4) is 0 Å². The summed E-state index contributed by atoms with van der Waals surface area (Å²) in [6.07, 6.45) is 0.961. The lowest BCUT2D eigenvalue weighted by Crippen LogP contribution is -2.40. The van der Waals surface area contributed by atoms with E-state index in [4.69, 9.17) is 16.2 Å². The summed E-state index contributed by atoms with van der Waals surface area (Å²) in [7, 11) is 0. The molecule has 0 saturated carbocycles. The van der Waals surface area contributed by atoms with Crippen LogP contribution in [0.3, 0.4) is 0 Å². The summed E-state index contributed by atoms with van der Waals surface area (Å²) < 4.78 is 5.13. The molecule has 1 amide bonds. The Kier molecular flexibility index (Phi) is 6.02. The zero-order valence-electron chi connectivity index (χ0n) is 12.7. The number of benzene rings is 1. The number of rotatable bonds is 6. The van der Waals surface area contributed by atoms with Crippen molar-refractivity contribution in [3.05, 3.63) is 23.8 Å². The van der Waals surface area contributed by atoms with Crippen molar-refractivity contribution in [2.45, 2.75) is 45.8 Å². The number of esters is 1. The van der Waals surface area contributed by atoms with Gasteiger partial charge in [-0.2, -0.15) is 0 Å². The zero-order valence-corrected chi connectivity index (χ0v) is 12.7. The minimum atomic E-state index is -0.881. The Bertz CT molecular complexity index is 517. The number of hydrogen-bond donors (Lipinski definition) is 3. The summed E-state index contributed by atoms with van der Waals surface area (Å²) in [6, 6.07) is 4.56. The predicted molar refractivity (Wildman–Crippen MR) is 82.7 cm³/mol. The van der Waals surface area contributed by atoms with Crippen LogP contribution in [0.25, 0.3) is 0 Å². The lowest BCUT2D eigenvalue weighted by Gasteiger charge is -2.18. The number of carbonyl (C=O) groups excluding carboxylic acids is 2. The van der Waals surface area contributed by atoms with Crippen LogP contribution in [0, 0.1) is 0 Å². The Morgan fingerprint density at radius 1 is 1.29 bits per heavy atom. The summed E-state index contributed by atoms with van der Waals surface area (Å²) in [4.78, 5) is 23.9. The van der Waals surface area contributed by atoms with E-state index < -0.39 is 12.1 Å². The van der Waals surface area contributed by atoms with Crippen molar-refractivity contribution in [1.82, 2.24) is 5.32 Å². The lowest BCUT2D eigenvalue weighted by molar-refractivity contribution is -0.129. The molecular weight excluding hydrogens is 270 g/mol. The maximum atomic E-state index is 12.0. The monoisotopic (exact) mass is 293 g/mol. The standard InChI is InChI=1S/C15H23N3O3/c1-4-5-9(2)18-14(19)10(3)21-15(20)12-7-6-11(16)8-13(12)17/h6-10H,4-5,16-17H2,1-3H3,(H,18,19). The summed E-state index contributed by atoms with van der Waals surface area (Å²) in [5.41, 5.74) is 12.2. The van der Waals surface area contributed by atoms with Gasteiger partial charge in [0.2, 0.25) is 0 Å². The highest BCUT2D eigenvalue weighted by atomic mass is 16.5. The minimum Gasteiger partial charge on any atom is -0.449 e. The van der Waals surface area contributed by atoms with Gasteiger partial charge in [-0.3, -0.25) is 4.79 Å². The van der Waals surface area contributed by atoms with Gasteiger partial charge in [-0.15, -0.1) is 0 Å². The molecule has 0 aliphatic heterocycles. The quantitative estimate of drug-likeness (QED) is 0.546. The van der Waals surface area contributed by atoms with Gasteiger partial charge in [0.05, 0.1) is 5.56 Å². The van der Waals surface area contributed by atoms with Crippen LogP contribution in [0.1, 0.15) is 44.0 Å². The van der Waals surface area contributed by atoms with Gasteiger partial charge in [-0.05, 0) is 38.5 Å². The number of nitrogen functional groups attached to an aromatic ring is 2. The molecule has 0 radical (unpaired) electrons. The van der Waals surface area contributed by atoms with Gasteiger partial charge >= 0.3 is 5.97 Å². The molecule has 2 atom stereocenters. The maximum absolute atomic E-state index is 12.0. The smallest absolute Gasteiger partial charge is 0.341 e. The van der Waals surface area contributed by atoms with Crippen LogP contribution in [0.2, 0.25) is 0 Å². The second-order valence-corrected chi connectivity index (χ2v) is 5.09. The van der Waals surface area contributed by atoms with Gasteiger partial charge in [-0.1, -0.05) is 13.3 Å². The zero-order chi connectivity index (χ0) is 16.0. The van der Waals surface area contributed by atoms with E-state index in [2.05, 4.69) is 5.32 Å². The van der Waals surface area contributed by atoms with Crippen LogP contribution >= 0.6 is 0 Å². The molecule has 0 heterocycles. The van der Waals surface area contributed by atoms with E-state index in [1.54, 1.807) is 6.07 Å². The Labute approximate surface area is 124 Å². The molecule has 0 aliphatic rings. The fourth-order valence-corrected chi connectivity index (χ4v) is 1.91. The summed E-state index contributed by atoms with van der Waals surface area (Å²) >= 11 is 0. The molecule has 1 aromatic rings. The summed E-state index contributed by atoms with van der Waals surface area (Å²) in [6.45, 7) is 5.48. The second kappa shape index (κ2) is 7.52. The van der Waals surface area contributed by atoms with E-state index in [0.717, 1.165) is 12.8 Å². The Morgan fingerprint density at radius 2 is 1.95 bits per heavy atom. The van der Waals surface area contributed by atoms with Crippen molar-refractivity contribution in [2.24, 2.45) is 0 Å². The molecule has 1 rings (SSSR count). The van der Waals surface area contributed by atoms with Gasteiger partial charge in [0.25, 0.3) is 5.91 Å². The molecule has 0 aromatic heterocycles. The van der Waals surface area contributed by atoms with Gasteiger partial charge in [-0.25, -0.2) is 4.79 Å². The Balaban J connectivity index is 2.63. The van der Waals surface area contributed by atoms with Crippen molar-refractivity contribution in [3.63, 3.8) is 0 Å². The van der Waals surface area contributed by atoms with Crippen LogP contribution in [-0.2, 0) is 9.53 Å². The van der Waals surface area contributed by atoms with Gasteiger partial charge in [0.15, 0.2) is 6.10 Å². The fourth-order valence-electron chi connectivity index (χ4n) is 1.91. The molecule has 5 N–H and O–H groups in total. The van der Waals surface area contributed by atoms with E-state index in [0.29, 0.717) is 5.69 Å². The number of amides is 1. The number of carbonyl (C=O) groups is 2. The van der Waals surface area contributed by atoms with Crippen LogP contribution < -0.4 is 16.8 Å². The van der Waals surface area contributed by atoms with Gasteiger partial charge < -0.3 is 21.5 Å². The summed E-state index contributed by atoms with van der Waals surface area (Å²) in [5, 5.41) is 2.79. The first kappa shape index (κ1) is 16.8. The highest BCUT2D eigenvalue weighted by molar-refractivity contribution is 5.97. The van der Waals surface area contributed by atoms with Gasteiger partial charge in [0.1, 0.15) is 0 Å². The van der Waals surface area contributed by atoms with Crippen molar-refractivity contribution in [1.29, 1.82) is 0 Å². The highest BCUT2D eigenvalue weighted by Crippen LogP contribution is 2.17. The fraction of sp³-hybridized carbons (Fsp3) is 0.467. The molecule has 6 heteroatoms. The molecule has 21 heavy (non-hydrogen) atoms. The van der Waals surface area contributed by atoms with Crippen LogP contribution in [0.5, 0.6) is 0 Å². The highest BCUT2D eigenvalue weighted by Gasteiger charge is 2.21. The van der Waals surface area contributed by atoms with E-state index >= 15 is 0 Å². The van der Waals surface area contributed by atoms with E-state index in [1.165, 1.54) is 19.1 Å². The lowest BCUT2D eigenvalue weighted by atomic mass is 10.1. The molecule has 2 unspecified atom stereocenters. The molecule has 6 nitrogen and oxygen atoms in total. The third-order valence-electron chi connectivity index (χ3n) is 3.06. The largest absolute Gasteiger partial charge is 0.449 e. The first-order chi connectivity index (χ1) is 9.85. The molecule has 116 valence electrons. The first-order valence-electron chi connectivity index (χ1n) is 7.01. The van der Waals surface area contributed by atoms with Crippen LogP contribution in [0.15, 0.2) is 18.2 Å². The molecule has 0 aliphatic carbocycles. The molecular formula is C15H23N3O3. The van der Waals surface area contributed by atoms with E-state index in [9.17, 15) is 9.59 Å². The maximum Gasteiger partial charge on any atom is 0.341 e. The SMILES string of the molecule is CCCC(C)NC(=O)C(C)OC(=O)c1ccc(N)cc1N. The first-order valence-corrected chi connectivity index (χ1v) is 7.01. The predicted octanol–water partition coefficient (Wildman–Crippen LogP) is 1.70. The average molecular weight is 293 g/mol. The Hall–Kier alpha value is -2.24. The number of anilines is 2. The van der Waals surface area contributed by atoms with E-state index in [-0.39, 0.29) is 23.2 Å². The Morgan fingerprint density at radius 3 is 2.52 bits per heavy atom. The summed E-state index contributed by atoms with van der Waals surface area (Å²) in [5.74, 6) is -0.961. The number of nitrogens with two attached hydrogens (primary N) is 2. The molecule has 0 fully saturated rings. The third-order valence-corrected chi connectivity index (χ3v) is 3.06. The second-order valence-electron chi connectivity index (χ2n) is 5.09. The van der Waals surface area contributed by atoms with Crippen molar-refractivity contribution >= 4 is 23.3 Å². The minimum absolute atomic E-state index is 0.0465. The average Bonchev–Trinajstić information content (AvgIpc) is 2.38. The van der Waals surface area contributed by atoms with Crippen LogP contribution in [0.4, 0.5) is 11.4 Å². The van der Waals surface area contributed by atoms with Crippen LogP contribution in [-0.4, -0.2) is 24.0 Å². The molecule has 0 saturated heterocycles. The third kappa shape index (κ3) is 4.98. The van der Waals surface area contributed by atoms with E-state index in [1.807, 2.05) is 13.8 Å². The normalized spacial score (nSPS) is 13.3. The molecule has 0 bridgehead atoms. The number of nitrogens with one attached hydrogen (secondary N) is 1. The van der Waals surface area contributed by atoms with Crippen molar-refractivity contribution in [2.75, 3.05) is 11.5 Å². The molecule has 1 aromatic carbocycles. The van der Waals surface area contributed by atoms with Crippen molar-refractivity contribution < 1.29 is 14.3 Å². The van der Waals surface area contributed by atoms with Gasteiger partial charge in [0, 0.05) is 17.4 Å². The molecule has 0 spiro atoms.